The molecule has 4 heteroatoms. The maximum atomic E-state index is 12.1. The van der Waals surface area contributed by atoms with Crippen LogP contribution in [0.4, 0.5) is 0 Å². The molecule has 1 aliphatic carbocycles. The summed E-state index contributed by atoms with van der Waals surface area (Å²) in [7, 11) is 0. The molecular weight excluding hydrogens is 304 g/mol. The summed E-state index contributed by atoms with van der Waals surface area (Å²) in [5.41, 5.74) is 6.71. The topological polar surface area (TPSA) is 46.3 Å². The summed E-state index contributed by atoms with van der Waals surface area (Å²) in [4.78, 5) is 14.1. The number of nitrogens with zero attached hydrogens (tertiary/aromatic N) is 1. The molecule has 2 N–H and O–H groups in total. The zero-order valence-electron chi connectivity index (χ0n) is 12.4. The van der Waals surface area contributed by atoms with E-state index < -0.39 is 0 Å². The van der Waals surface area contributed by atoms with E-state index in [1.807, 2.05) is 0 Å². The van der Waals surface area contributed by atoms with E-state index in [1.54, 1.807) is 0 Å². The summed E-state index contributed by atoms with van der Waals surface area (Å²) in [5, 5.41) is 0.928. The summed E-state index contributed by atoms with van der Waals surface area (Å²) < 4.78 is 0. The van der Waals surface area contributed by atoms with Gasteiger partial charge in [-0.2, -0.15) is 0 Å². The van der Waals surface area contributed by atoms with E-state index in [2.05, 4.69) is 41.6 Å². The van der Waals surface area contributed by atoms with E-state index in [9.17, 15) is 4.79 Å². The maximum Gasteiger partial charge on any atom is 0.222 e. The monoisotopic (exact) mass is 330 g/mol. The van der Waals surface area contributed by atoms with Crippen LogP contribution in [0, 0.1) is 16.7 Å². The second kappa shape index (κ2) is 5.36. The number of halogens is 1. The molecule has 0 aromatic rings. The Balaban J connectivity index is 2.03. The van der Waals surface area contributed by atoms with Crippen LogP contribution < -0.4 is 5.73 Å². The molecule has 3 unspecified atom stereocenters. The Kier molecular flexibility index (Phi) is 4.32. The molecule has 1 saturated heterocycles. The molecular formula is C15H27BrN2O. The van der Waals surface area contributed by atoms with Crippen LogP contribution >= 0.6 is 15.9 Å². The van der Waals surface area contributed by atoms with Crippen molar-refractivity contribution in [3.8, 4) is 0 Å². The highest BCUT2D eigenvalue weighted by atomic mass is 79.9. The van der Waals surface area contributed by atoms with Crippen molar-refractivity contribution in [1.29, 1.82) is 0 Å². The van der Waals surface area contributed by atoms with Crippen molar-refractivity contribution < 1.29 is 4.79 Å². The average molecular weight is 331 g/mol. The van der Waals surface area contributed by atoms with Crippen LogP contribution in [0.5, 0.6) is 0 Å². The summed E-state index contributed by atoms with van der Waals surface area (Å²) in [6.45, 7) is 8.71. The Morgan fingerprint density at radius 3 is 2.58 bits per heavy atom. The van der Waals surface area contributed by atoms with Crippen molar-refractivity contribution in [3.63, 3.8) is 0 Å². The van der Waals surface area contributed by atoms with Crippen LogP contribution in [0.1, 0.15) is 46.5 Å². The first kappa shape index (κ1) is 15.3. The van der Waals surface area contributed by atoms with Gasteiger partial charge in [-0.15, -0.1) is 0 Å². The van der Waals surface area contributed by atoms with Gasteiger partial charge in [-0.1, -0.05) is 36.7 Å². The average Bonchev–Trinajstić information content (AvgIpc) is 2.55. The van der Waals surface area contributed by atoms with E-state index in [-0.39, 0.29) is 11.5 Å². The van der Waals surface area contributed by atoms with Gasteiger partial charge in [0.2, 0.25) is 5.91 Å². The van der Waals surface area contributed by atoms with E-state index >= 15 is 0 Å². The van der Waals surface area contributed by atoms with Gasteiger partial charge in [0.15, 0.2) is 0 Å². The Labute approximate surface area is 125 Å². The molecule has 19 heavy (non-hydrogen) atoms. The van der Waals surface area contributed by atoms with Crippen molar-refractivity contribution in [2.75, 3.05) is 18.4 Å². The largest absolute Gasteiger partial charge is 0.342 e. The summed E-state index contributed by atoms with van der Waals surface area (Å²) in [6, 6.07) is 0.276. The number of likely N-dealkylation sites (tertiary alicyclic amines) is 1. The maximum absolute atomic E-state index is 12.1. The number of alkyl halides is 1. The fourth-order valence-electron chi connectivity index (χ4n) is 4.41. The molecule has 1 aliphatic heterocycles. The summed E-state index contributed by atoms with van der Waals surface area (Å²) in [6.07, 6.45) is 4.01. The predicted octanol–water partition coefficient (Wildman–Crippen LogP) is 2.77. The second-order valence-corrected chi connectivity index (χ2v) is 8.47. The Morgan fingerprint density at radius 1 is 1.37 bits per heavy atom. The number of carbonyl (C=O) groups is 1. The molecule has 0 aromatic heterocycles. The molecule has 110 valence electrons. The minimum Gasteiger partial charge on any atom is -0.342 e. The third-order valence-corrected chi connectivity index (χ3v) is 5.48. The molecule has 2 rings (SSSR count). The van der Waals surface area contributed by atoms with Crippen molar-refractivity contribution in [3.05, 3.63) is 0 Å². The summed E-state index contributed by atoms with van der Waals surface area (Å²) >= 11 is 3.50. The Bertz CT molecular complexity index is 358. The summed E-state index contributed by atoms with van der Waals surface area (Å²) in [5.74, 6) is 0.809. The van der Waals surface area contributed by atoms with Crippen LogP contribution in [-0.4, -0.2) is 35.3 Å². The molecule has 2 aliphatic rings. The molecule has 0 aromatic carbocycles. The first-order valence-electron chi connectivity index (χ1n) is 7.32. The van der Waals surface area contributed by atoms with Gasteiger partial charge in [0.25, 0.3) is 0 Å². The third kappa shape index (κ3) is 3.72. The van der Waals surface area contributed by atoms with Gasteiger partial charge >= 0.3 is 0 Å². The first-order valence-corrected chi connectivity index (χ1v) is 8.44. The predicted molar refractivity (Wildman–Crippen MR) is 82.2 cm³/mol. The van der Waals surface area contributed by atoms with Crippen LogP contribution in [0.25, 0.3) is 0 Å². The third-order valence-electron chi connectivity index (χ3n) is 4.56. The van der Waals surface area contributed by atoms with E-state index in [4.69, 9.17) is 5.73 Å². The molecule has 2 fully saturated rings. The van der Waals surface area contributed by atoms with Crippen molar-refractivity contribution in [1.82, 2.24) is 4.90 Å². The lowest BCUT2D eigenvalue weighted by Gasteiger charge is -2.47. The van der Waals surface area contributed by atoms with Gasteiger partial charge in [-0.25, -0.2) is 0 Å². The lowest BCUT2D eigenvalue weighted by atomic mass is 9.62. The lowest BCUT2D eigenvalue weighted by Crippen LogP contribution is -2.48. The Morgan fingerprint density at radius 2 is 2.05 bits per heavy atom. The quantitative estimate of drug-likeness (QED) is 0.809. The van der Waals surface area contributed by atoms with Crippen molar-refractivity contribution in [2.45, 2.75) is 52.5 Å². The minimum absolute atomic E-state index is 0.179. The van der Waals surface area contributed by atoms with Gasteiger partial charge in [0.1, 0.15) is 0 Å². The standard InChI is InChI=1S/C15H27BrN2O/c1-14(2)5-12(17)6-15(3,9-14)10-18-8-11(7-16)4-13(18)19/h11-12H,4-10,17H2,1-3H3. The number of rotatable bonds is 3. The minimum atomic E-state index is 0.179. The molecule has 3 atom stereocenters. The van der Waals surface area contributed by atoms with Crippen LogP contribution in [0.3, 0.4) is 0 Å². The molecule has 0 bridgehead atoms. The van der Waals surface area contributed by atoms with Crippen LogP contribution in [0.15, 0.2) is 0 Å². The fourth-order valence-corrected chi connectivity index (χ4v) is 4.84. The van der Waals surface area contributed by atoms with Crippen LogP contribution in [0.2, 0.25) is 0 Å². The van der Waals surface area contributed by atoms with Gasteiger partial charge in [-0.3, -0.25) is 4.79 Å². The van der Waals surface area contributed by atoms with Gasteiger partial charge in [-0.05, 0) is 36.0 Å². The van der Waals surface area contributed by atoms with Crippen molar-refractivity contribution in [2.24, 2.45) is 22.5 Å². The highest BCUT2D eigenvalue weighted by Gasteiger charge is 2.42. The number of nitrogens with two attached hydrogens (primary N) is 1. The zero-order chi connectivity index (χ0) is 14.3. The highest BCUT2D eigenvalue weighted by Crippen LogP contribution is 2.46. The van der Waals surface area contributed by atoms with Gasteiger partial charge in [0, 0.05) is 30.9 Å². The normalized spacial score (nSPS) is 38.8. The molecule has 0 spiro atoms. The number of amides is 1. The van der Waals surface area contributed by atoms with Gasteiger partial charge in [0.05, 0.1) is 0 Å². The molecule has 1 amide bonds. The second-order valence-electron chi connectivity index (χ2n) is 7.82. The van der Waals surface area contributed by atoms with E-state index in [0.29, 0.717) is 23.7 Å². The fraction of sp³-hybridized carbons (Fsp3) is 0.933. The highest BCUT2D eigenvalue weighted by molar-refractivity contribution is 9.09. The molecule has 1 saturated carbocycles. The first-order chi connectivity index (χ1) is 8.73. The van der Waals surface area contributed by atoms with Crippen molar-refractivity contribution >= 4 is 21.8 Å². The van der Waals surface area contributed by atoms with Gasteiger partial charge < -0.3 is 10.6 Å². The lowest BCUT2D eigenvalue weighted by molar-refractivity contribution is -0.129. The molecule has 1 heterocycles. The number of hydrogen-bond donors (Lipinski definition) is 1. The molecule has 3 nitrogen and oxygen atoms in total. The smallest absolute Gasteiger partial charge is 0.222 e. The van der Waals surface area contributed by atoms with E-state index in [1.165, 1.54) is 0 Å². The SMILES string of the molecule is CC1(C)CC(N)CC(C)(CN2CC(CBr)CC2=O)C1. The Hall–Kier alpha value is -0.0900. The van der Waals surface area contributed by atoms with Crippen LogP contribution in [-0.2, 0) is 4.79 Å². The van der Waals surface area contributed by atoms with E-state index in [0.717, 1.165) is 37.7 Å². The number of hydrogen-bond acceptors (Lipinski definition) is 2. The zero-order valence-corrected chi connectivity index (χ0v) is 14.0. The molecule has 0 radical (unpaired) electrons. The number of carbonyl (C=O) groups excluding carboxylic acids is 1.